The monoisotopic (exact) mass is 248 g/mol. The molecular weight excluding hydrogens is 239 g/mol. The molecule has 0 fully saturated rings. The van der Waals surface area contributed by atoms with Crippen molar-refractivity contribution in [2.45, 2.75) is 0 Å². The van der Waals surface area contributed by atoms with Gasteiger partial charge in [0, 0.05) is 11.6 Å². The van der Waals surface area contributed by atoms with E-state index in [1.807, 2.05) is 30.3 Å². The number of halogens is 2. The highest BCUT2D eigenvalue weighted by Gasteiger charge is 2.01. The van der Waals surface area contributed by atoms with Crippen molar-refractivity contribution in [1.82, 2.24) is 0 Å². The van der Waals surface area contributed by atoms with Crippen LogP contribution in [0.5, 0.6) is 0 Å². The zero-order valence-corrected chi connectivity index (χ0v) is 9.66. The third-order valence-corrected chi connectivity index (χ3v) is 2.53. The second-order valence-corrected chi connectivity index (χ2v) is 3.87. The zero-order valence-electron chi connectivity index (χ0n) is 8.90. The molecule has 0 aliphatic heterocycles. The normalized spacial score (nSPS) is 11.5. The summed E-state index contributed by atoms with van der Waals surface area (Å²) in [5, 5.41) is 0.0715. The predicted octanol–water partition coefficient (Wildman–Crippen LogP) is 3.52. The smallest absolute Gasteiger partial charge is 0.143 e. The van der Waals surface area contributed by atoms with E-state index < -0.39 is 5.82 Å². The molecular formula is C13H10ClFN2. The number of nitrogens with zero attached hydrogens (tertiary/aromatic N) is 1. The van der Waals surface area contributed by atoms with Crippen molar-refractivity contribution in [3.63, 3.8) is 0 Å². The fourth-order valence-corrected chi connectivity index (χ4v) is 1.48. The number of benzene rings is 2. The lowest BCUT2D eigenvalue weighted by Gasteiger charge is -2.01. The second kappa shape index (κ2) is 4.97. The van der Waals surface area contributed by atoms with Gasteiger partial charge < -0.3 is 5.73 Å². The lowest BCUT2D eigenvalue weighted by molar-refractivity contribution is 0.628. The molecule has 0 aliphatic rings. The van der Waals surface area contributed by atoms with Crippen LogP contribution in [0.25, 0.3) is 0 Å². The summed E-state index contributed by atoms with van der Waals surface area (Å²) in [5.74, 6) is -0.166. The Hall–Kier alpha value is -1.87. The van der Waals surface area contributed by atoms with Crippen molar-refractivity contribution in [3.05, 3.63) is 64.9 Å². The van der Waals surface area contributed by atoms with Crippen LogP contribution in [0.2, 0.25) is 5.02 Å². The van der Waals surface area contributed by atoms with Crippen molar-refractivity contribution in [2.24, 2.45) is 10.7 Å². The Morgan fingerprint density at radius 3 is 2.47 bits per heavy atom. The lowest BCUT2D eigenvalue weighted by atomic mass is 10.2. The third-order valence-electron chi connectivity index (χ3n) is 2.22. The van der Waals surface area contributed by atoms with Gasteiger partial charge in [-0.05, 0) is 12.1 Å². The zero-order chi connectivity index (χ0) is 12.3. The number of aliphatic imine (C=N–C) groups is 1. The minimum absolute atomic E-state index is 0.0715. The molecule has 0 saturated carbocycles. The Balaban J connectivity index is 2.33. The van der Waals surface area contributed by atoms with Crippen molar-refractivity contribution in [2.75, 3.05) is 0 Å². The van der Waals surface area contributed by atoms with Gasteiger partial charge in [-0.3, -0.25) is 0 Å². The van der Waals surface area contributed by atoms with E-state index in [4.69, 9.17) is 17.3 Å². The van der Waals surface area contributed by atoms with Crippen LogP contribution >= 0.6 is 11.6 Å². The minimum atomic E-state index is -0.506. The molecule has 0 atom stereocenters. The fraction of sp³-hybridized carbons (Fsp3) is 0. The molecule has 4 heteroatoms. The van der Waals surface area contributed by atoms with Crippen molar-refractivity contribution in [1.29, 1.82) is 0 Å². The van der Waals surface area contributed by atoms with Crippen LogP contribution in [-0.4, -0.2) is 5.84 Å². The molecule has 17 heavy (non-hydrogen) atoms. The average molecular weight is 249 g/mol. The van der Waals surface area contributed by atoms with E-state index in [9.17, 15) is 4.39 Å². The molecule has 86 valence electrons. The van der Waals surface area contributed by atoms with Gasteiger partial charge in [-0.1, -0.05) is 41.9 Å². The fourth-order valence-electron chi connectivity index (χ4n) is 1.37. The highest BCUT2D eigenvalue weighted by molar-refractivity contribution is 6.30. The van der Waals surface area contributed by atoms with E-state index >= 15 is 0 Å². The first kappa shape index (κ1) is 11.6. The summed E-state index contributed by atoms with van der Waals surface area (Å²) in [7, 11) is 0. The number of amidine groups is 1. The summed E-state index contributed by atoms with van der Waals surface area (Å²) >= 11 is 5.58. The summed E-state index contributed by atoms with van der Waals surface area (Å²) in [6, 6.07) is 13.6. The maximum atomic E-state index is 13.2. The molecule has 2 nitrogen and oxygen atoms in total. The highest BCUT2D eigenvalue weighted by Crippen LogP contribution is 2.21. The Bertz CT molecular complexity index is 553. The van der Waals surface area contributed by atoms with Crippen LogP contribution in [0.1, 0.15) is 5.56 Å². The Labute approximate surface area is 104 Å². The molecule has 2 N–H and O–H groups in total. The summed E-state index contributed by atoms with van der Waals surface area (Å²) in [6.45, 7) is 0. The van der Waals surface area contributed by atoms with Crippen LogP contribution in [-0.2, 0) is 0 Å². The molecule has 0 spiro atoms. The molecule has 0 bridgehead atoms. The Kier molecular flexibility index (Phi) is 3.40. The molecule has 2 aromatic rings. The first-order valence-corrected chi connectivity index (χ1v) is 5.39. The van der Waals surface area contributed by atoms with Crippen LogP contribution in [0.4, 0.5) is 10.1 Å². The van der Waals surface area contributed by atoms with Crippen LogP contribution in [0, 0.1) is 5.82 Å². The predicted molar refractivity (Wildman–Crippen MR) is 68.2 cm³/mol. The minimum Gasteiger partial charge on any atom is -0.383 e. The largest absolute Gasteiger partial charge is 0.383 e. The molecule has 0 unspecified atom stereocenters. The third kappa shape index (κ3) is 2.82. The summed E-state index contributed by atoms with van der Waals surface area (Å²) in [6.07, 6.45) is 0. The van der Waals surface area contributed by atoms with E-state index in [-0.39, 0.29) is 5.02 Å². The Morgan fingerprint density at radius 1 is 1.12 bits per heavy atom. The lowest BCUT2D eigenvalue weighted by Crippen LogP contribution is -2.12. The van der Waals surface area contributed by atoms with Crippen LogP contribution in [0.15, 0.2) is 53.5 Å². The SMILES string of the molecule is NC(=Nc1ccc(Cl)c(F)c1)c1ccccc1. The van der Waals surface area contributed by atoms with Gasteiger partial charge in [-0.15, -0.1) is 0 Å². The van der Waals surface area contributed by atoms with Gasteiger partial charge in [-0.2, -0.15) is 0 Å². The first-order chi connectivity index (χ1) is 8.16. The molecule has 0 aliphatic carbocycles. The van der Waals surface area contributed by atoms with Gasteiger partial charge in [-0.25, -0.2) is 9.38 Å². The van der Waals surface area contributed by atoms with E-state index in [1.54, 1.807) is 6.07 Å². The number of nitrogens with two attached hydrogens (primary N) is 1. The van der Waals surface area contributed by atoms with Crippen LogP contribution in [0.3, 0.4) is 0 Å². The molecule has 0 saturated heterocycles. The standard InChI is InChI=1S/C13H10ClFN2/c14-11-7-6-10(8-12(11)15)17-13(16)9-4-2-1-3-5-9/h1-8H,(H2,16,17). The topological polar surface area (TPSA) is 38.4 Å². The van der Waals surface area contributed by atoms with E-state index in [0.717, 1.165) is 5.56 Å². The quantitative estimate of drug-likeness (QED) is 0.641. The van der Waals surface area contributed by atoms with E-state index in [2.05, 4.69) is 4.99 Å². The van der Waals surface area contributed by atoms with Crippen molar-refractivity contribution in [3.8, 4) is 0 Å². The molecule has 0 heterocycles. The molecule has 2 rings (SSSR count). The molecule has 0 amide bonds. The van der Waals surface area contributed by atoms with Crippen molar-refractivity contribution >= 4 is 23.1 Å². The second-order valence-electron chi connectivity index (χ2n) is 3.46. The average Bonchev–Trinajstić information content (AvgIpc) is 2.35. The summed E-state index contributed by atoms with van der Waals surface area (Å²) < 4.78 is 13.2. The Morgan fingerprint density at radius 2 is 1.82 bits per heavy atom. The van der Waals surface area contributed by atoms with Gasteiger partial charge in [0.05, 0.1) is 10.7 Å². The summed E-state index contributed by atoms with van der Waals surface area (Å²) in [4.78, 5) is 4.13. The van der Waals surface area contributed by atoms with Crippen molar-refractivity contribution < 1.29 is 4.39 Å². The van der Waals surface area contributed by atoms with Gasteiger partial charge in [0.2, 0.25) is 0 Å². The number of hydrogen-bond acceptors (Lipinski definition) is 1. The summed E-state index contributed by atoms with van der Waals surface area (Å²) in [5.41, 5.74) is 7.04. The van der Waals surface area contributed by atoms with Gasteiger partial charge in [0.15, 0.2) is 0 Å². The number of hydrogen-bond donors (Lipinski definition) is 1. The van der Waals surface area contributed by atoms with Crippen LogP contribution < -0.4 is 5.73 Å². The first-order valence-electron chi connectivity index (χ1n) is 5.01. The van der Waals surface area contributed by atoms with Gasteiger partial charge >= 0.3 is 0 Å². The maximum absolute atomic E-state index is 13.2. The highest BCUT2D eigenvalue weighted by atomic mass is 35.5. The molecule has 0 aromatic heterocycles. The van der Waals surface area contributed by atoms with Gasteiger partial charge in [0.1, 0.15) is 11.7 Å². The van der Waals surface area contributed by atoms with E-state index in [1.165, 1.54) is 12.1 Å². The van der Waals surface area contributed by atoms with E-state index in [0.29, 0.717) is 11.5 Å². The molecule has 0 radical (unpaired) electrons. The maximum Gasteiger partial charge on any atom is 0.143 e. The number of rotatable bonds is 2. The molecule has 2 aromatic carbocycles. The van der Waals surface area contributed by atoms with Gasteiger partial charge in [0.25, 0.3) is 0 Å².